The molecule has 1 aromatic heterocycles. The molecule has 0 saturated carbocycles. The van der Waals surface area contributed by atoms with Gasteiger partial charge in [0, 0.05) is 30.9 Å². The third-order valence-corrected chi connectivity index (χ3v) is 4.04. The molecule has 2 aromatic rings. The van der Waals surface area contributed by atoms with Crippen LogP contribution in [0.1, 0.15) is 22.8 Å². The predicted octanol–water partition coefficient (Wildman–Crippen LogP) is 3.53. The summed E-state index contributed by atoms with van der Waals surface area (Å²) in [6.07, 6.45) is 3.48. The standard InChI is InChI=1S/C16H18N2O2S/c1-3-21-14-6-4-5-13(15(14)16(19)20)18(2)11-12-7-9-17-10-8-12/h4-10H,3,11H2,1-2H3,(H,19,20). The van der Waals surface area contributed by atoms with Crippen LogP contribution in [-0.2, 0) is 6.54 Å². The topological polar surface area (TPSA) is 53.4 Å². The van der Waals surface area contributed by atoms with E-state index in [9.17, 15) is 9.90 Å². The van der Waals surface area contributed by atoms with Gasteiger partial charge in [0.15, 0.2) is 0 Å². The van der Waals surface area contributed by atoms with Crippen LogP contribution in [0.15, 0.2) is 47.6 Å². The third-order valence-electron chi connectivity index (χ3n) is 3.10. The van der Waals surface area contributed by atoms with E-state index in [4.69, 9.17) is 0 Å². The Balaban J connectivity index is 2.34. The van der Waals surface area contributed by atoms with Gasteiger partial charge in [-0.2, -0.15) is 0 Å². The maximum absolute atomic E-state index is 11.6. The molecule has 5 heteroatoms. The summed E-state index contributed by atoms with van der Waals surface area (Å²) in [5, 5.41) is 9.54. The van der Waals surface area contributed by atoms with Gasteiger partial charge in [0.2, 0.25) is 0 Å². The van der Waals surface area contributed by atoms with Crippen molar-refractivity contribution in [3.8, 4) is 0 Å². The zero-order valence-electron chi connectivity index (χ0n) is 12.1. The van der Waals surface area contributed by atoms with Crippen molar-refractivity contribution in [1.82, 2.24) is 4.98 Å². The van der Waals surface area contributed by atoms with E-state index >= 15 is 0 Å². The largest absolute Gasteiger partial charge is 0.478 e. The average molecular weight is 302 g/mol. The molecule has 110 valence electrons. The molecule has 0 aliphatic heterocycles. The van der Waals surface area contributed by atoms with Crippen molar-refractivity contribution in [2.45, 2.75) is 18.4 Å². The van der Waals surface area contributed by atoms with Crippen molar-refractivity contribution < 1.29 is 9.90 Å². The lowest BCUT2D eigenvalue weighted by molar-refractivity contribution is 0.0694. The van der Waals surface area contributed by atoms with E-state index in [1.54, 1.807) is 24.2 Å². The van der Waals surface area contributed by atoms with E-state index in [0.29, 0.717) is 12.1 Å². The summed E-state index contributed by atoms with van der Waals surface area (Å²) >= 11 is 1.55. The second-order valence-corrected chi connectivity index (χ2v) is 5.91. The van der Waals surface area contributed by atoms with Crippen molar-refractivity contribution >= 4 is 23.4 Å². The van der Waals surface area contributed by atoms with Crippen LogP contribution in [0.2, 0.25) is 0 Å². The maximum atomic E-state index is 11.6. The molecular formula is C16H18N2O2S. The molecule has 0 amide bonds. The first-order chi connectivity index (χ1) is 10.1. The first-order valence-electron chi connectivity index (χ1n) is 6.72. The highest BCUT2D eigenvalue weighted by Crippen LogP contribution is 2.31. The molecule has 21 heavy (non-hydrogen) atoms. The number of anilines is 1. The zero-order valence-corrected chi connectivity index (χ0v) is 12.9. The van der Waals surface area contributed by atoms with E-state index < -0.39 is 5.97 Å². The Kier molecular flexibility index (Phi) is 5.22. The molecule has 1 N–H and O–H groups in total. The van der Waals surface area contributed by atoms with Crippen molar-refractivity contribution in [1.29, 1.82) is 0 Å². The average Bonchev–Trinajstić information content (AvgIpc) is 2.48. The molecule has 0 aliphatic carbocycles. The summed E-state index contributed by atoms with van der Waals surface area (Å²) in [5.74, 6) is -0.0410. The van der Waals surface area contributed by atoms with Gasteiger partial charge in [0.1, 0.15) is 0 Å². The molecule has 2 rings (SSSR count). The molecule has 0 unspecified atom stereocenters. The first-order valence-corrected chi connectivity index (χ1v) is 7.71. The molecule has 0 spiro atoms. The fourth-order valence-corrected chi connectivity index (χ4v) is 3.00. The van der Waals surface area contributed by atoms with E-state index in [1.165, 1.54) is 0 Å². The van der Waals surface area contributed by atoms with Gasteiger partial charge in [-0.15, -0.1) is 11.8 Å². The van der Waals surface area contributed by atoms with Crippen molar-refractivity contribution in [2.75, 3.05) is 17.7 Å². The van der Waals surface area contributed by atoms with Crippen molar-refractivity contribution in [3.63, 3.8) is 0 Å². The molecule has 4 nitrogen and oxygen atoms in total. The number of aromatic carboxylic acids is 1. The van der Waals surface area contributed by atoms with E-state index in [2.05, 4.69) is 4.98 Å². The number of carboxylic acid groups (broad SMARTS) is 1. The highest BCUT2D eigenvalue weighted by Gasteiger charge is 2.18. The molecule has 0 saturated heterocycles. The number of hydrogen-bond donors (Lipinski definition) is 1. The van der Waals surface area contributed by atoms with Crippen LogP contribution in [0.5, 0.6) is 0 Å². The molecule has 0 radical (unpaired) electrons. The van der Waals surface area contributed by atoms with Crippen LogP contribution in [0.3, 0.4) is 0 Å². The van der Waals surface area contributed by atoms with E-state index in [-0.39, 0.29) is 0 Å². The van der Waals surface area contributed by atoms with Crippen LogP contribution in [-0.4, -0.2) is 28.9 Å². The number of hydrogen-bond acceptors (Lipinski definition) is 4. The molecular weight excluding hydrogens is 284 g/mol. The van der Waals surface area contributed by atoms with Crippen LogP contribution in [0, 0.1) is 0 Å². The number of carboxylic acids is 1. The first kappa shape index (κ1) is 15.4. The number of aromatic nitrogens is 1. The summed E-state index contributed by atoms with van der Waals surface area (Å²) < 4.78 is 0. The Morgan fingerprint density at radius 3 is 2.62 bits per heavy atom. The van der Waals surface area contributed by atoms with Gasteiger partial charge in [-0.25, -0.2) is 4.79 Å². The van der Waals surface area contributed by atoms with E-state index in [0.717, 1.165) is 21.9 Å². The van der Waals surface area contributed by atoms with Crippen LogP contribution in [0.25, 0.3) is 0 Å². The second kappa shape index (κ2) is 7.13. The third kappa shape index (κ3) is 3.76. The minimum absolute atomic E-state index is 0.376. The Bertz CT molecular complexity index is 617. The van der Waals surface area contributed by atoms with Gasteiger partial charge in [0.05, 0.1) is 11.3 Å². The van der Waals surface area contributed by atoms with Gasteiger partial charge in [0.25, 0.3) is 0 Å². The Hall–Kier alpha value is -2.01. The number of thioether (sulfide) groups is 1. The summed E-state index contributed by atoms with van der Waals surface area (Å²) in [6, 6.07) is 9.48. The van der Waals surface area contributed by atoms with Gasteiger partial charge in [-0.3, -0.25) is 4.98 Å². The highest BCUT2D eigenvalue weighted by molar-refractivity contribution is 7.99. The van der Waals surface area contributed by atoms with Crippen LogP contribution < -0.4 is 4.90 Å². The molecule has 1 aromatic carbocycles. The van der Waals surface area contributed by atoms with Crippen molar-refractivity contribution in [2.24, 2.45) is 0 Å². The SMILES string of the molecule is CCSc1cccc(N(C)Cc2ccncc2)c1C(=O)O. The lowest BCUT2D eigenvalue weighted by Crippen LogP contribution is -2.20. The minimum Gasteiger partial charge on any atom is -0.478 e. The quantitative estimate of drug-likeness (QED) is 0.827. The Morgan fingerprint density at radius 2 is 2.00 bits per heavy atom. The lowest BCUT2D eigenvalue weighted by atomic mass is 10.1. The lowest BCUT2D eigenvalue weighted by Gasteiger charge is -2.22. The number of pyridine rings is 1. The smallest absolute Gasteiger partial charge is 0.338 e. The summed E-state index contributed by atoms with van der Waals surface area (Å²) in [6.45, 7) is 2.66. The van der Waals surface area contributed by atoms with Gasteiger partial charge >= 0.3 is 5.97 Å². The summed E-state index contributed by atoms with van der Waals surface area (Å²) in [7, 11) is 1.91. The fourth-order valence-electron chi connectivity index (χ4n) is 2.18. The van der Waals surface area contributed by atoms with Crippen molar-refractivity contribution in [3.05, 3.63) is 53.9 Å². The second-order valence-electron chi connectivity index (χ2n) is 4.60. The highest BCUT2D eigenvalue weighted by atomic mass is 32.2. The van der Waals surface area contributed by atoms with Crippen LogP contribution in [0.4, 0.5) is 5.69 Å². The number of benzene rings is 1. The monoisotopic (exact) mass is 302 g/mol. The summed E-state index contributed by atoms with van der Waals surface area (Å²) in [4.78, 5) is 18.4. The van der Waals surface area contributed by atoms with Gasteiger partial charge in [-0.05, 0) is 35.6 Å². The molecule has 0 atom stereocenters. The number of carbonyl (C=O) groups is 1. The van der Waals surface area contributed by atoms with E-state index in [1.807, 2.05) is 49.2 Å². The minimum atomic E-state index is -0.886. The Morgan fingerprint density at radius 1 is 1.29 bits per heavy atom. The molecule has 1 heterocycles. The Labute approximate surface area is 128 Å². The molecule has 0 fully saturated rings. The maximum Gasteiger partial charge on any atom is 0.338 e. The van der Waals surface area contributed by atoms with Gasteiger partial charge < -0.3 is 10.0 Å². The predicted molar refractivity (Wildman–Crippen MR) is 86.1 cm³/mol. The molecule has 0 aliphatic rings. The number of rotatable bonds is 6. The normalized spacial score (nSPS) is 10.4. The van der Waals surface area contributed by atoms with Gasteiger partial charge in [-0.1, -0.05) is 13.0 Å². The fraction of sp³-hybridized carbons (Fsp3) is 0.250. The number of nitrogens with zero attached hydrogens (tertiary/aromatic N) is 2. The zero-order chi connectivity index (χ0) is 15.2. The molecule has 0 bridgehead atoms. The van der Waals surface area contributed by atoms with Crippen LogP contribution >= 0.6 is 11.8 Å². The summed E-state index contributed by atoms with van der Waals surface area (Å²) in [5.41, 5.74) is 2.20.